The van der Waals surface area contributed by atoms with Gasteiger partial charge in [-0.05, 0) is 50.3 Å². The first-order chi connectivity index (χ1) is 9.76. The van der Waals surface area contributed by atoms with Crippen LogP contribution in [0.3, 0.4) is 0 Å². The third-order valence-electron chi connectivity index (χ3n) is 2.86. The number of rotatable bonds is 11. The van der Waals surface area contributed by atoms with Gasteiger partial charge in [-0.2, -0.15) is 0 Å². The molecule has 0 aliphatic carbocycles. The largest absolute Gasteiger partial charge is 0.500 e. The molecular weight excluding hydrogens is 298 g/mol. The molecule has 0 unspecified atom stereocenters. The summed E-state index contributed by atoms with van der Waals surface area (Å²) in [7, 11) is -2.47. The van der Waals surface area contributed by atoms with E-state index in [-0.39, 0.29) is 11.0 Å². The van der Waals surface area contributed by atoms with Gasteiger partial charge in [-0.15, -0.1) is 0 Å². The predicted octanol–water partition coefficient (Wildman–Crippen LogP) is 2.09. The van der Waals surface area contributed by atoms with Crippen molar-refractivity contribution >= 4 is 25.5 Å². The van der Waals surface area contributed by atoms with Crippen LogP contribution in [0.2, 0.25) is 6.04 Å². The lowest BCUT2D eigenvalue weighted by atomic mass is 10.3. The van der Waals surface area contributed by atoms with Crippen molar-refractivity contribution in [1.29, 1.82) is 0 Å². The van der Waals surface area contributed by atoms with Gasteiger partial charge in [0.2, 0.25) is 0 Å². The Morgan fingerprint density at radius 3 is 1.90 bits per heavy atom. The number of para-hydroxylation sites is 1. The molecule has 0 amide bonds. The van der Waals surface area contributed by atoms with Gasteiger partial charge in [0.25, 0.3) is 0 Å². The van der Waals surface area contributed by atoms with Gasteiger partial charge in [-0.3, -0.25) is 0 Å². The third-order valence-corrected chi connectivity index (χ3v) is 6.01. The maximum absolute atomic E-state index is 5.83. The van der Waals surface area contributed by atoms with Crippen LogP contribution in [-0.2, 0) is 13.3 Å². The Morgan fingerprint density at radius 2 is 1.43 bits per heavy atom. The summed E-state index contributed by atoms with van der Waals surface area (Å²) in [5.74, 6) is 0. The normalized spacial score (nSPS) is 11.0. The number of hydrogen-bond donors (Lipinski definition) is 1. The minimum atomic E-state index is -2.47. The van der Waals surface area contributed by atoms with E-state index >= 15 is 0 Å². The fourth-order valence-corrected chi connectivity index (χ4v) is 4.71. The van der Waals surface area contributed by atoms with Crippen LogP contribution in [0.25, 0.3) is 0 Å². The number of hydrogen-bond acceptors (Lipinski definition) is 4. The molecule has 0 saturated heterocycles. The van der Waals surface area contributed by atoms with E-state index < -0.39 is 8.80 Å². The van der Waals surface area contributed by atoms with Crippen LogP contribution >= 0.6 is 0 Å². The zero-order valence-electron chi connectivity index (χ0n) is 12.9. The Balaban J connectivity index is 0.00000400. The lowest BCUT2D eigenvalue weighted by molar-refractivity contribution is 0.0710. The average Bonchev–Trinajstić information content (AvgIpc) is 2.46. The number of anilines is 1. The highest BCUT2D eigenvalue weighted by Gasteiger charge is 2.39. The molecule has 6 heteroatoms. The summed E-state index contributed by atoms with van der Waals surface area (Å²) >= 11 is 0. The van der Waals surface area contributed by atoms with E-state index in [2.05, 4.69) is 17.4 Å². The van der Waals surface area contributed by atoms with Crippen LogP contribution in [0.1, 0.15) is 27.2 Å². The molecule has 0 radical (unpaired) electrons. The second-order valence-corrected chi connectivity index (χ2v) is 7.11. The van der Waals surface area contributed by atoms with Crippen molar-refractivity contribution in [3.8, 4) is 0 Å². The Morgan fingerprint density at radius 1 is 0.905 bits per heavy atom. The Hall–Kier alpha value is -0.666. The monoisotopic (exact) mass is 329 g/mol. The van der Waals surface area contributed by atoms with Crippen molar-refractivity contribution in [3.63, 3.8) is 0 Å². The minimum absolute atomic E-state index is 0. The van der Waals surface area contributed by atoms with Crippen LogP contribution < -0.4 is 5.32 Å². The van der Waals surface area contributed by atoms with Crippen LogP contribution in [0.15, 0.2) is 30.3 Å². The van der Waals surface area contributed by atoms with Crippen LogP contribution in [0.4, 0.5) is 5.69 Å². The highest BCUT2D eigenvalue weighted by atomic mass is 28.4. The molecule has 4 nitrogen and oxygen atoms in total. The average molecular weight is 330 g/mol. The smallest absolute Gasteiger partial charge is 0.385 e. The lowest BCUT2D eigenvalue weighted by Gasteiger charge is -2.28. The van der Waals surface area contributed by atoms with Gasteiger partial charge >= 0.3 is 8.80 Å². The molecule has 0 aromatic heterocycles. The molecule has 1 aromatic carbocycles. The maximum atomic E-state index is 5.83. The SMILES string of the molecule is CCO[Si](CCCNc1ccccc1)(OCC)OCC.[SiH4]. The maximum Gasteiger partial charge on any atom is 0.500 e. The molecule has 1 rings (SSSR count). The fraction of sp³-hybridized carbons (Fsp3) is 0.600. The fourth-order valence-electron chi connectivity index (χ4n) is 2.09. The van der Waals surface area contributed by atoms with Crippen molar-refractivity contribution in [3.05, 3.63) is 30.3 Å². The molecule has 0 atom stereocenters. The Labute approximate surface area is 134 Å². The summed E-state index contributed by atoms with van der Waals surface area (Å²) in [6.45, 7) is 8.77. The van der Waals surface area contributed by atoms with E-state index in [1.54, 1.807) is 0 Å². The molecule has 1 N–H and O–H groups in total. The molecule has 21 heavy (non-hydrogen) atoms. The molecule has 0 aliphatic rings. The Bertz CT molecular complexity index is 335. The predicted molar refractivity (Wildman–Crippen MR) is 96.3 cm³/mol. The quantitative estimate of drug-likeness (QED) is 0.498. The van der Waals surface area contributed by atoms with Crippen LogP contribution in [-0.4, -0.2) is 46.1 Å². The molecule has 122 valence electrons. The zero-order valence-corrected chi connectivity index (χ0v) is 13.9. The van der Waals surface area contributed by atoms with Crippen molar-refractivity contribution in [1.82, 2.24) is 0 Å². The highest BCUT2D eigenvalue weighted by molar-refractivity contribution is 6.60. The van der Waals surface area contributed by atoms with Gasteiger partial charge in [0.1, 0.15) is 0 Å². The van der Waals surface area contributed by atoms with E-state index in [1.807, 2.05) is 39.0 Å². The summed E-state index contributed by atoms with van der Waals surface area (Å²) < 4.78 is 17.5. The van der Waals surface area contributed by atoms with E-state index in [1.165, 1.54) is 0 Å². The molecule has 0 aliphatic heterocycles. The second-order valence-electron chi connectivity index (χ2n) is 4.38. The summed E-state index contributed by atoms with van der Waals surface area (Å²) in [6, 6.07) is 11.1. The van der Waals surface area contributed by atoms with Gasteiger partial charge in [0, 0.05) is 38.1 Å². The van der Waals surface area contributed by atoms with Crippen molar-refractivity contribution in [2.24, 2.45) is 0 Å². The van der Waals surface area contributed by atoms with Crippen LogP contribution in [0.5, 0.6) is 0 Å². The molecule has 0 heterocycles. The summed E-state index contributed by atoms with van der Waals surface area (Å²) in [6.07, 6.45) is 0.973. The zero-order chi connectivity index (χ0) is 14.7. The van der Waals surface area contributed by atoms with Gasteiger partial charge in [0.15, 0.2) is 0 Å². The van der Waals surface area contributed by atoms with E-state index in [0.29, 0.717) is 19.8 Å². The number of nitrogens with one attached hydrogen (secondary N) is 1. The van der Waals surface area contributed by atoms with Gasteiger partial charge in [-0.25, -0.2) is 0 Å². The van der Waals surface area contributed by atoms with Gasteiger partial charge in [0.05, 0.1) is 0 Å². The first kappa shape index (κ1) is 20.3. The van der Waals surface area contributed by atoms with Crippen LogP contribution in [0, 0.1) is 0 Å². The topological polar surface area (TPSA) is 39.7 Å². The second kappa shape index (κ2) is 11.9. The Kier molecular flexibility index (Phi) is 11.6. The summed E-state index contributed by atoms with van der Waals surface area (Å²) in [4.78, 5) is 0. The molecule has 0 fully saturated rings. The summed E-state index contributed by atoms with van der Waals surface area (Å²) in [5.41, 5.74) is 1.14. The van der Waals surface area contributed by atoms with Crippen molar-refractivity contribution in [2.75, 3.05) is 31.7 Å². The van der Waals surface area contributed by atoms with E-state index in [9.17, 15) is 0 Å². The van der Waals surface area contributed by atoms with Gasteiger partial charge < -0.3 is 18.6 Å². The van der Waals surface area contributed by atoms with E-state index in [0.717, 1.165) is 24.7 Å². The lowest BCUT2D eigenvalue weighted by Crippen LogP contribution is -2.46. The molecule has 0 bridgehead atoms. The minimum Gasteiger partial charge on any atom is -0.385 e. The molecular formula is C15H31NO3Si2. The van der Waals surface area contributed by atoms with E-state index in [4.69, 9.17) is 13.3 Å². The molecule has 1 aromatic rings. The summed E-state index contributed by atoms with van der Waals surface area (Å²) in [5, 5.41) is 3.40. The molecule has 0 spiro atoms. The highest BCUT2D eigenvalue weighted by Crippen LogP contribution is 2.18. The molecule has 0 saturated carbocycles. The standard InChI is InChI=1S/C15H27NO3Si.H4Si/c1-4-17-20(18-5-2,19-6-3)14-10-13-16-15-11-8-7-9-12-15;/h7-9,11-12,16H,4-6,10,13-14H2,1-3H3;1H4. The van der Waals surface area contributed by atoms with Crippen molar-refractivity contribution < 1.29 is 13.3 Å². The first-order valence-corrected chi connectivity index (χ1v) is 9.40. The third kappa shape index (κ3) is 7.78. The van der Waals surface area contributed by atoms with Gasteiger partial charge in [-0.1, -0.05) is 18.2 Å². The van der Waals surface area contributed by atoms with Crippen molar-refractivity contribution in [2.45, 2.75) is 33.2 Å². The first-order valence-electron chi connectivity index (χ1n) is 7.47. The number of benzene rings is 1.